The van der Waals surface area contributed by atoms with Crippen LogP contribution in [0.15, 0.2) is 48.7 Å². The van der Waals surface area contributed by atoms with E-state index < -0.39 is 5.60 Å². The molecule has 1 atom stereocenters. The number of hydrogen-bond donors (Lipinski definition) is 0. The van der Waals surface area contributed by atoms with Crippen LogP contribution in [0.25, 0.3) is 0 Å². The summed E-state index contributed by atoms with van der Waals surface area (Å²) in [6.07, 6.45) is 3.14. The standard InChI is InChI=1S/C26H35N3O4/c1-19(2)29(25(31)33-26(3,4)5)18-20-11-10-16-28(17-20)24(30)22-14-9-15-27-23(22)32-21-12-7-6-8-13-21/h6-9,12-15,19-20H,10-11,16-18H2,1-5H3. The van der Waals surface area contributed by atoms with Gasteiger partial charge in [0.05, 0.1) is 0 Å². The molecular formula is C26H35N3O4. The van der Waals surface area contributed by atoms with Crippen LogP contribution >= 0.6 is 0 Å². The summed E-state index contributed by atoms with van der Waals surface area (Å²) < 4.78 is 11.5. The number of ether oxygens (including phenoxy) is 2. The Morgan fingerprint density at radius 1 is 1.15 bits per heavy atom. The Bertz CT molecular complexity index is 940. The fourth-order valence-corrected chi connectivity index (χ4v) is 3.90. The average molecular weight is 454 g/mol. The van der Waals surface area contributed by atoms with E-state index in [0.717, 1.165) is 12.8 Å². The third-order valence-electron chi connectivity index (χ3n) is 5.47. The Balaban J connectivity index is 1.70. The molecule has 1 fully saturated rings. The maximum atomic E-state index is 13.4. The number of pyridine rings is 1. The molecule has 0 N–H and O–H groups in total. The van der Waals surface area contributed by atoms with Gasteiger partial charge in [0.1, 0.15) is 16.9 Å². The lowest BCUT2D eigenvalue weighted by atomic mass is 9.96. The highest BCUT2D eigenvalue weighted by Gasteiger charge is 2.31. The third kappa shape index (κ3) is 6.94. The lowest BCUT2D eigenvalue weighted by Crippen LogP contribution is -2.48. The maximum absolute atomic E-state index is 13.4. The topological polar surface area (TPSA) is 72.0 Å². The van der Waals surface area contributed by atoms with Crippen molar-refractivity contribution in [3.63, 3.8) is 0 Å². The van der Waals surface area contributed by atoms with Crippen LogP contribution in [0.1, 0.15) is 57.8 Å². The van der Waals surface area contributed by atoms with Crippen molar-refractivity contribution in [2.75, 3.05) is 19.6 Å². The second-order valence-corrected chi connectivity index (χ2v) is 9.76. The highest BCUT2D eigenvalue weighted by atomic mass is 16.6. The van der Waals surface area contributed by atoms with E-state index in [9.17, 15) is 9.59 Å². The Labute approximate surface area is 196 Å². The largest absolute Gasteiger partial charge is 0.444 e. The molecule has 178 valence electrons. The van der Waals surface area contributed by atoms with Crippen LogP contribution in [0.5, 0.6) is 11.6 Å². The Morgan fingerprint density at radius 3 is 2.55 bits per heavy atom. The second kappa shape index (κ2) is 10.7. The molecule has 1 saturated heterocycles. The summed E-state index contributed by atoms with van der Waals surface area (Å²) in [5.74, 6) is 1.000. The van der Waals surface area contributed by atoms with Gasteiger partial charge in [-0.15, -0.1) is 0 Å². The molecule has 0 radical (unpaired) electrons. The van der Waals surface area contributed by atoms with Gasteiger partial charge in [0, 0.05) is 31.9 Å². The first-order valence-electron chi connectivity index (χ1n) is 11.6. The van der Waals surface area contributed by atoms with Gasteiger partial charge >= 0.3 is 6.09 Å². The van der Waals surface area contributed by atoms with Crippen molar-refractivity contribution in [1.82, 2.24) is 14.8 Å². The van der Waals surface area contributed by atoms with Crippen LogP contribution in [-0.4, -0.2) is 58.1 Å². The van der Waals surface area contributed by atoms with Crippen molar-refractivity contribution >= 4 is 12.0 Å². The van der Waals surface area contributed by atoms with Crippen LogP contribution in [0, 0.1) is 5.92 Å². The summed E-state index contributed by atoms with van der Waals surface area (Å²) in [5.41, 5.74) is -0.108. The number of carbonyl (C=O) groups is 2. The van der Waals surface area contributed by atoms with Gasteiger partial charge in [0.15, 0.2) is 0 Å². The first-order valence-corrected chi connectivity index (χ1v) is 11.6. The van der Waals surface area contributed by atoms with E-state index in [2.05, 4.69) is 4.98 Å². The molecule has 7 heteroatoms. The fraction of sp³-hybridized carbons (Fsp3) is 0.500. The van der Waals surface area contributed by atoms with Crippen molar-refractivity contribution in [3.05, 3.63) is 54.2 Å². The summed E-state index contributed by atoms with van der Waals surface area (Å²) in [4.78, 5) is 34.0. The minimum Gasteiger partial charge on any atom is -0.444 e. The molecule has 2 aromatic rings. The van der Waals surface area contributed by atoms with Crippen molar-refractivity contribution in [1.29, 1.82) is 0 Å². The summed E-state index contributed by atoms with van der Waals surface area (Å²) in [6.45, 7) is 11.4. The van der Waals surface area contributed by atoms with Crippen molar-refractivity contribution in [3.8, 4) is 11.6 Å². The van der Waals surface area contributed by atoms with Gasteiger partial charge in [-0.1, -0.05) is 18.2 Å². The number of amides is 2. The van der Waals surface area contributed by atoms with Gasteiger partial charge in [0.2, 0.25) is 5.88 Å². The Kier molecular flexibility index (Phi) is 7.95. The molecule has 0 spiro atoms. The number of piperidine rings is 1. The number of benzene rings is 1. The molecule has 1 aliphatic heterocycles. The Hall–Kier alpha value is -3.09. The van der Waals surface area contributed by atoms with E-state index in [4.69, 9.17) is 9.47 Å². The van der Waals surface area contributed by atoms with Crippen LogP contribution in [0.3, 0.4) is 0 Å². The minimum absolute atomic E-state index is 0.00938. The molecule has 33 heavy (non-hydrogen) atoms. The molecule has 3 rings (SSSR count). The first-order chi connectivity index (χ1) is 15.6. The van der Waals surface area contributed by atoms with Gasteiger partial charge in [0.25, 0.3) is 5.91 Å². The zero-order valence-corrected chi connectivity index (χ0v) is 20.3. The summed E-state index contributed by atoms with van der Waals surface area (Å²) in [6, 6.07) is 12.8. The van der Waals surface area contributed by atoms with Gasteiger partial charge in [-0.25, -0.2) is 9.78 Å². The number of para-hydroxylation sites is 1. The molecule has 1 aliphatic rings. The Morgan fingerprint density at radius 2 is 1.88 bits per heavy atom. The molecule has 2 heterocycles. The number of carbonyl (C=O) groups excluding carboxylic acids is 2. The molecule has 1 unspecified atom stereocenters. The SMILES string of the molecule is CC(C)N(CC1CCCN(C(=O)c2cccnc2Oc2ccccc2)C1)C(=O)OC(C)(C)C. The predicted octanol–water partition coefficient (Wildman–Crippen LogP) is 5.37. The van der Waals surface area contributed by atoms with E-state index in [1.165, 1.54) is 0 Å². The zero-order chi connectivity index (χ0) is 24.0. The highest BCUT2D eigenvalue weighted by molar-refractivity contribution is 5.96. The molecule has 1 aromatic heterocycles. The third-order valence-corrected chi connectivity index (χ3v) is 5.47. The molecule has 0 aliphatic carbocycles. The number of aromatic nitrogens is 1. The van der Waals surface area contributed by atoms with Crippen LogP contribution in [-0.2, 0) is 4.74 Å². The number of likely N-dealkylation sites (tertiary alicyclic amines) is 1. The molecule has 0 bridgehead atoms. The van der Waals surface area contributed by atoms with Gasteiger partial charge in [-0.3, -0.25) is 4.79 Å². The van der Waals surface area contributed by atoms with Crippen molar-refractivity contribution in [2.24, 2.45) is 5.92 Å². The lowest BCUT2D eigenvalue weighted by molar-refractivity contribution is 0.0124. The molecule has 0 saturated carbocycles. The maximum Gasteiger partial charge on any atom is 0.410 e. The smallest absolute Gasteiger partial charge is 0.410 e. The normalized spacial score (nSPS) is 16.4. The number of hydrogen-bond acceptors (Lipinski definition) is 5. The summed E-state index contributed by atoms with van der Waals surface area (Å²) >= 11 is 0. The van der Waals surface area contributed by atoms with E-state index in [0.29, 0.717) is 36.8 Å². The zero-order valence-electron chi connectivity index (χ0n) is 20.3. The van der Waals surface area contributed by atoms with E-state index >= 15 is 0 Å². The van der Waals surface area contributed by atoms with Crippen LogP contribution in [0.4, 0.5) is 4.79 Å². The monoisotopic (exact) mass is 453 g/mol. The van der Waals surface area contributed by atoms with Crippen LogP contribution < -0.4 is 4.74 Å². The summed E-state index contributed by atoms with van der Waals surface area (Å²) in [5, 5.41) is 0. The minimum atomic E-state index is -0.547. The lowest BCUT2D eigenvalue weighted by Gasteiger charge is -2.37. The average Bonchev–Trinajstić information content (AvgIpc) is 2.77. The van der Waals surface area contributed by atoms with E-state index in [1.807, 2.05) is 69.9 Å². The van der Waals surface area contributed by atoms with Gasteiger partial charge < -0.3 is 19.3 Å². The second-order valence-electron chi connectivity index (χ2n) is 9.76. The molecule has 7 nitrogen and oxygen atoms in total. The van der Waals surface area contributed by atoms with Crippen LogP contribution in [0.2, 0.25) is 0 Å². The van der Waals surface area contributed by atoms with Gasteiger partial charge in [-0.05, 0) is 77.6 Å². The molecule has 1 aromatic carbocycles. The van der Waals surface area contributed by atoms with E-state index in [1.54, 1.807) is 23.2 Å². The first kappa shape index (κ1) is 24.6. The number of rotatable bonds is 6. The molecule has 2 amide bonds. The van der Waals surface area contributed by atoms with E-state index in [-0.39, 0.29) is 24.0 Å². The fourth-order valence-electron chi connectivity index (χ4n) is 3.90. The predicted molar refractivity (Wildman–Crippen MR) is 127 cm³/mol. The molecular weight excluding hydrogens is 418 g/mol. The number of nitrogens with zero attached hydrogens (tertiary/aromatic N) is 3. The highest BCUT2D eigenvalue weighted by Crippen LogP contribution is 2.27. The van der Waals surface area contributed by atoms with Crippen molar-refractivity contribution in [2.45, 2.75) is 59.1 Å². The quantitative estimate of drug-likeness (QED) is 0.588. The summed E-state index contributed by atoms with van der Waals surface area (Å²) in [7, 11) is 0. The van der Waals surface area contributed by atoms with Crippen molar-refractivity contribution < 1.29 is 19.1 Å². The van der Waals surface area contributed by atoms with Gasteiger partial charge in [-0.2, -0.15) is 0 Å².